The molecule has 4 nitrogen and oxygen atoms in total. The molecule has 0 bridgehead atoms. The number of para-hydroxylation sites is 1. The van der Waals surface area contributed by atoms with Gasteiger partial charge in [-0.3, -0.25) is 9.78 Å². The number of fused-ring (bicyclic) bond motifs is 1. The van der Waals surface area contributed by atoms with Crippen LogP contribution in [0, 0.1) is 0 Å². The van der Waals surface area contributed by atoms with Crippen molar-refractivity contribution in [2.24, 2.45) is 0 Å². The zero-order chi connectivity index (χ0) is 11.5. The van der Waals surface area contributed by atoms with Gasteiger partial charge in [-0.15, -0.1) is 0 Å². The van der Waals surface area contributed by atoms with Crippen LogP contribution in [0.1, 0.15) is 20.7 Å². The maximum absolute atomic E-state index is 11.4. The number of esters is 1. The highest BCUT2D eigenvalue weighted by atomic mass is 16.5. The lowest BCUT2D eigenvalue weighted by atomic mass is 10.1. The van der Waals surface area contributed by atoms with Gasteiger partial charge in [0.15, 0.2) is 6.29 Å². The van der Waals surface area contributed by atoms with Crippen molar-refractivity contribution in [3.63, 3.8) is 0 Å². The van der Waals surface area contributed by atoms with Crippen molar-refractivity contribution < 1.29 is 14.3 Å². The Kier molecular flexibility index (Phi) is 2.64. The van der Waals surface area contributed by atoms with Crippen LogP contribution >= 0.6 is 0 Å². The Balaban J connectivity index is 2.77. The van der Waals surface area contributed by atoms with Gasteiger partial charge >= 0.3 is 5.97 Å². The Bertz CT molecular complexity index is 563. The van der Waals surface area contributed by atoms with Gasteiger partial charge < -0.3 is 4.74 Å². The van der Waals surface area contributed by atoms with E-state index in [4.69, 9.17) is 0 Å². The van der Waals surface area contributed by atoms with Crippen molar-refractivity contribution in [3.05, 3.63) is 41.6 Å². The molecule has 16 heavy (non-hydrogen) atoms. The average Bonchev–Trinajstić information content (AvgIpc) is 2.36. The topological polar surface area (TPSA) is 56.3 Å². The van der Waals surface area contributed by atoms with Crippen molar-refractivity contribution in [1.82, 2.24) is 4.98 Å². The zero-order valence-corrected chi connectivity index (χ0v) is 8.64. The highest BCUT2D eigenvalue weighted by Crippen LogP contribution is 2.19. The predicted molar refractivity (Wildman–Crippen MR) is 58.5 cm³/mol. The molecule has 0 N–H and O–H groups in total. The number of methoxy groups -OCH3 is 1. The van der Waals surface area contributed by atoms with E-state index in [1.165, 1.54) is 13.3 Å². The molecule has 0 saturated carbocycles. The summed E-state index contributed by atoms with van der Waals surface area (Å²) in [4.78, 5) is 26.5. The number of nitrogens with zero attached hydrogens (tertiary/aromatic N) is 1. The number of hydrogen-bond donors (Lipinski definition) is 0. The fourth-order valence-corrected chi connectivity index (χ4v) is 1.56. The summed E-state index contributed by atoms with van der Waals surface area (Å²) < 4.78 is 4.59. The lowest BCUT2D eigenvalue weighted by molar-refractivity contribution is 0.0598. The monoisotopic (exact) mass is 215 g/mol. The van der Waals surface area contributed by atoms with E-state index in [2.05, 4.69) is 9.72 Å². The number of rotatable bonds is 2. The average molecular weight is 215 g/mol. The number of carbonyl (C=O) groups excluding carboxylic acids is 2. The minimum absolute atomic E-state index is 0.191. The van der Waals surface area contributed by atoms with Gasteiger partial charge in [-0.05, 0) is 6.07 Å². The summed E-state index contributed by atoms with van der Waals surface area (Å²) in [6, 6.07) is 7.14. The van der Waals surface area contributed by atoms with E-state index < -0.39 is 5.97 Å². The van der Waals surface area contributed by atoms with Crippen LogP contribution in [0.25, 0.3) is 10.9 Å². The van der Waals surface area contributed by atoms with Gasteiger partial charge in [-0.2, -0.15) is 0 Å². The first-order valence-electron chi connectivity index (χ1n) is 4.69. The van der Waals surface area contributed by atoms with Crippen LogP contribution in [0.15, 0.2) is 30.5 Å². The SMILES string of the molecule is COC(=O)c1cnc2ccccc2c1C=O. The Morgan fingerprint density at radius 1 is 1.38 bits per heavy atom. The number of pyridine rings is 1. The number of carbonyl (C=O) groups is 2. The first kappa shape index (κ1) is 10.3. The van der Waals surface area contributed by atoms with Gasteiger partial charge in [0.2, 0.25) is 0 Å². The van der Waals surface area contributed by atoms with Crippen molar-refractivity contribution in [2.75, 3.05) is 7.11 Å². The molecule has 1 aromatic carbocycles. The molecule has 80 valence electrons. The summed E-state index contributed by atoms with van der Waals surface area (Å²) in [6.07, 6.45) is 2.01. The zero-order valence-electron chi connectivity index (χ0n) is 8.64. The third-order valence-electron chi connectivity index (χ3n) is 2.34. The first-order chi connectivity index (χ1) is 7.77. The lowest BCUT2D eigenvalue weighted by Gasteiger charge is -2.05. The second kappa shape index (κ2) is 4.10. The number of aromatic nitrogens is 1. The Hall–Kier alpha value is -2.23. The van der Waals surface area contributed by atoms with E-state index in [9.17, 15) is 9.59 Å². The summed E-state index contributed by atoms with van der Waals surface area (Å²) in [5.74, 6) is -0.555. The molecule has 1 aromatic heterocycles. The molecule has 0 amide bonds. The second-order valence-electron chi connectivity index (χ2n) is 3.21. The molecule has 1 heterocycles. The van der Waals surface area contributed by atoms with Crippen LogP contribution in [0.5, 0.6) is 0 Å². The number of ether oxygens (including phenoxy) is 1. The van der Waals surface area contributed by atoms with Crippen LogP contribution in [-0.4, -0.2) is 24.3 Å². The molecule has 4 heteroatoms. The molecule has 0 spiro atoms. The molecule has 0 atom stereocenters. The number of benzene rings is 1. The molecule has 0 saturated heterocycles. The number of aldehydes is 1. The minimum atomic E-state index is -0.555. The first-order valence-corrected chi connectivity index (χ1v) is 4.69. The molecule has 0 radical (unpaired) electrons. The van der Waals surface area contributed by atoms with Crippen molar-refractivity contribution >= 4 is 23.2 Å². The van der Waals surface area contributed by atoms with Gasteiger partial charge in [-0.25, -0.2) is 4.79 Å². The van der Waals surface area contributed by atoms with Gasteiger partial charge in [-0.1, -0.05) is 18.2 Å². The van der Waals surface area contributed by atoms with E-state index in [1.54, 1.807) is 18.2 Å². The fraction of sp³-hybridized carbons (Fsp3) is 0.0833. The highest BCUT2D eigenvalue weighted by Gasteiger charge is 2.14. The van der Waals surface area contributed by atoms with Crippen LogP contribution in [-0.2, 0) is 4.74 Å². The molecule has 0 aliphatic heterocycles. The molecule has 2 aromatic rings. The van der Waals surface area contributed by atoms with Crippen LogP contribution < -0.4 is 0 Å². The Labute approximate surface area is 91.9 Å². The smallest absolute Gasteiger partial charge is 0.340 e. The minimum Gasteiger partial charge on any atom is -0.465 e. The van der Waals surface area contributed by atoms with Crippen LogP contribution in [0.4, 0.5) is 0 Å². The Morgan fingerprint density at radius 3 is 2.81 bits per heavy atom. The van der Waals surface area contributed by atoms with Crippen LogP contribution in [0.3, 0.4) is 0 Å². The number of hydrogen-bond acceptors (Lipinski definition) is 4. The second-order valence-corrected chi connectivity index (χ2v) is 3.21. The van der Waals surface area contributed by atoms with E-state index >= 15 is 0 Å². The molecule has 0 aliphatic carbocycles. The van der Waals surface area contributed by atoms with Gasteiger partial charge in [0.25, 0.3) is 0 Å². The molecule has 0 fully saturated rings. The summed E-state index contributed by atoms with van der Waals surface area (Å²) in [6.45, 7) is 0. The summed E-state index contributed by atoms with van der Waals surface area (Å²) in [5.41, 5.74) is 1.19. The summed E-state index contributed by atoms with van der Waals surface area (Å²) in [5, 5.41) is 0.653. The predicted octanol–water partition coefficient (Wildman–Crippen LogP) is 1.83. The fourth-order valence-electron chi connectivity index (χ4n) is 1.56. The van der Waals surface area contributed by atoms with Gasteiger partial charge in [0.1, 0.15) is 0 Å². The van der Waals surface area contributed by atoms with Crippen molar-refractivity contribution in [3.8, 4) is 0 Å². The highest BCUT2D eigenvalue weighted by molar-refractivity contribution is 6.06. The maximum atomic E-state index is 11.4. The standard InChI is InChI=1S/C12H9NO3/c1-16-12(15)9-6-13-11-5-3-2-4-8(11)10(9)7-14/h2-7H,1H3. The molecular formula is C12H9NO3. The van der Waals surface area contributed by atoms with E-state index in [1.807, 2.05) is 6.07 Å². The normalized spacial score (nSPS) is 10.1. The third kappa shape index (κ3) is 1.54. The summed E-state index contributed by atoms with van der Waals surface area (Å²) >= 11 is 0. The summed E-state index contributed by atoms with van der Waals surface area (Å²) in [7, 11) is 1.27. The molecule has 0 aliphatic rings. The quantitative estimate of drug-likeness (QED) is 0.566. The molecule has 0 unspecified atom stereocenters. The lowest BCUT2D eigenvalue weighted by Crippen LogP contribution is -2.06. The van der Waals surface area contributed by atoms with Crippen molar-refractivity contribution in [1.29, 1.82) is 0 Å². The van der Waals surface area contributed by atoms with E-state index in [0.717, 1.165) is 0 Å². The van der Waals surface area contributed by atoms with E-state index in [0.29, 0.717) is 22.8 Å². The maximum Gasteiger partial charge on any atom is 0.340 e. The molecule has 2 rings (SSSR count). The third-order valence-corrected chi connectivity index (χ3v) is 2.34. The van der Waals surface area contributed by atoms with Gasteiger partial charge in [0, 0.05) is 17.1 Å². The van der Waals surface area contributed by atoms with Gasteiger partial charge in [0.05, 0.1) is 18.2 Å². The molecular weight excluding hydrogens is 206 g/mol. The van der Waals surface area contributed by atoms with Crippen LogP contribution in [0.2, 0.25) is 0 Å². The Morgan fingerprint density at radius 2 is 2.12 bits per heavy atom. The van der Waals surface area contributed by atoms with E-state index in [-0.39, 0.29) is 5.56 Å². The van der Waals surface area contributed by atoms with Crippen molar-refractivity contribution in [2.45, 2.75) is 0 Å². The largest absolute Gasteiger partial charge is 0.465 e.